The first-order chi connectivity index (χ1) is 8.29. The van der Waals surface area contributed by atoms with Crippen molar-refractivity contribution in [2.45, 2.75) is 37.5 Å². The maximum absolute atomic E-state index is 11.7. The fourth-order valence-electron chi connectivity index (χ4n) is 2.85. The van der Waals surface area contributed by atoms with E-state index >= 15 is 0 Å². The first kappa shape index (κ1) is 11.0. The maximum Gasteiger partial charge on any atom is 0.250 e. The molecular formula is C13H17NO3. The predicted molar refractivity (Wildman–Crippen MR) is 62.8 cm³/mol. The molecule has 0 radical (unpaired) electrons. The van der Waals surface area contributed by atoms with E-state index in [0.29, 0.717) is 19.3 Å². The Hall–Kier alpha value is -1.13. The van der Waals surface area contributed by atoms with Gasteiger partial charge in [0.15, 0.2) is 5.79 Å². The van der Waals surface area contributed by atoms with Crippen molar-refractivity contribution in [2.75, 3.05) is 13.2 Å². The SMILES string of the molecule is O=c1ccccn1C1CCC2(CC1)OCCO2. The van der Waals surface area contributed by atoms with Crippen LogP contribution in [-0.4, -0.2) is 23.6 Å². The molecule has 1 aliphatic carbocycles. The Balaban J connectivity index is 1.73. The highest BCUT2D eigenvalue weighted by atomic mass is 16.7. The van der Waals surface area contributed by atoms with Gasteiger partial charge >= 0.3 is 0 Å². The molecule has 0 amide bonds. The van der Waals surface area contributed by atoms with Gasteiger partial charge in [-0.05, 0) is 18.9 Å². The first-order valence-electron chi connectivity index (χ1n) is 6.24. The van der Waals surface area contributed by atoms with E-state index in [1.807, 2.05) is 16.8 Å². The summed E-state index contributed by atoms with van der Waals surface area (Å²) in [6.07, 6.45) is 5.55. The van der Waals surface area contributed by atoms with Crippen molar-refractivity contribution in [3.63, 3.8) is 0 Å². The summed E-state index contributed by atoms with van der Waals surface area (Å²) in [5.41, 5.74) is 0.0849. The maximum atomic E-state index is 11.7. The Labute approximate surface area is 100 Å². The predicted octanol–water partition coefficient (Wildman–Crippen LogP) is 1.71. The third kappa shape index (κ3) is 2.03. The molecule has 2 aliphatic rings. The lowest BCUT2D eigenvalue weighted by Gasteiger charge is -2.35. The molecule has 1 saturated carbocycles. The fraction of sp³-hybridized carbons (Fsp3) is 0.615. The van der Waals surface area contributed by atoms with Crippen molar-refractivity contribution >= 4 is 0 Å². The van der Waals surface area contributed by atoms with Gasteiger partial charge in [0, 0.05) is 31.1 Å². The normalized spacial score (nSPS) is 24.2. The minimum Gasteiger partial charge on any atom is -0.348 e. The largest absolute Gasteiger partial charge is 0.348 e. The molecule has 1 aliphatic heterocycles. The van der Waals surface area contributed by atoms with Crippen molar-refractivity contribution in [1.29, 1.82) is 0 Å². The summed E-state index contributed by atoms with van der Waals surface area (Å²) in [6, 6.07) is 5.61. The number of rotatable bonds is 1. The van der Waals surface area contributed by atoms with Crippen molar-refractivity contribution in [3.05, 3.63) is 34.7 Å². The van der Waals surface area contributed by atoms with Crippen LogP contribution in [0.4, 0.5) is 0 Å². The highest BCUT2D eigenvalue weighted by Crippen LogP contribution is 2.39. The molecule has 17 heavy (non-hydrogen) atoms. The Morgan fingerprint density at radius 3 is 2.53 bits per heavy atom. The average Bonchev–Trinajstić information content (AvgIpc) is 2.80. The Morgan fingerprint density at radius 2 is 1.88 bits per heavy atom. The van der Waals surface area contributed by atoms with E-state index in [9.17, 15) is 4.79 Å². The quantitative estimate of drug-likeness (QED) is 0.744. The average molecular weight is 235 g/mol. The second-order valence-electron chi connectivity index (χ2n) is 4.78. The number of hydrogen-bond donors (Lipinski definition) is 0. The number of nitrogens with zero attached hydrogens (tertiary/aromatic N) is 1. The minimum absolute atomic E-state index is 0.0849. The molecule has 0 aromatic carbocycles. The standard InChI is InChI=1S/C13H17NO3/c15-12-3-1-2-8-14(12)11-4-6-13(7-5-11)16-9-10-17-13/h1-3,8,11H,4-7,9-10H2. The minimum atomic E-state index is -0.338. The van der Waals surface area contributed by atoms with E-state index in [0.717, 1.165) is 25.7 Å². The summed E-state index contributed by atoms with van der Waals surface area (Å²) in [6.45, 7) is 1.41. The van der Waals surface area contributed by atoms with Gasteiger partial charge in [-0.2, -0.15) is 0 Å². The van der Waals surface area contributed by atoms with Crippen LogP contribution in [-0.2, 0) is 9.47 Å². The van der Waals surface area contributed by atoms with E-state index in [4.69, 9.17) is 9.47 Å². The van der Waals surface area contributed by atoms with Crippen molar-refractivity contribution in [1.82, 2.24) is 4.57 Å². The zero-order valence-electron chi connectivity index (χ0n) is 9.80. The molecule has 1 aromatic heterocycles. The van der Waals surface area contributed by atoms with Gasteiger partial charge in [-0.1, -0.05) is 6.07 Å². The molecule has 4 heteroatoms. The topological polar surface area (TPSA) is 40.5 Å². The van der Waals surface area contributed by atoms with Crippen LogP contribution in [0.3, 0.4) is 0 Å². The molecule has 1 spiro atoms. The van der Waals surface area contributed by atoms with Gasteiger partial charge in [-0.3, -0.25) is 4.79 Å². The van der Waals surface area contributed by atoms with Crippen LogP contribution >= 0.6 is 0 Å². The summed E-state index contributed by atoms with van der Waals surface area (Å²) >= 11 is 0. The molecule has 4 nitrogen and oxygen atoms in total. The van der Waals surface area contributed by atoms with Crippen LogP contribution in [0.1, 0.15) is 31.7 Å². The second kappa shape index (κ2) is 4.27. The van der Waals surface area contributed by atoms with Gasteiger partial charge in [-0.15, -0.1) is 0 Å². The molecule has 1 aromatic rings. The van der Waals surface area contributed by atoms with E-state index in [1.54, 1.807) is 12.1 Å². The molecule has 1 saturated heterocycles. The van der Waals surface area contributed by atoms with E-state index in [1.165, 1.54) is 0 Å². The molecule has 0 bridgehead atoms. The van der Waals surface area contributed by atoms with Crippen LogP contribution in [0.25, 0.3) is 0 Å². The summed E-state index contributed by atoms with van der Waals surface area (Å²) in [4.78, 5) is 11.7. The molecule has 2 fully saturated rings. The van der Waals surface area contributed by atoms with Crippen LogP contribution in [0.15, 0.2) is 29.2 Å². The highest BCUT2D eigenvalue weighted by molar-refractivity contribution is 4.97. The van der Waals surface area contributed by atoms with Crippen molar-refractivity contribution in [3.8, 4) is 0 Å². The highest BCUT2D eigenvalue weighted by Gasteiger charge is 2.40. The van der Waals surface area contributed by atoms with Crippen LogP contribution in [0.5, 0.6) is 0 Å². The molecule has 0 unspecified atom stereocenters. The summed E-state index contributed by atoms with van der Waals surface area (Å²) in [5, 5.41) is 0. The number of aromatic nitrogens is 1. The lowest BCUT2D eigenvalue weighted by atomic mass is 9.90. The van der Waals surface area contributed by atoms with Gasteiger partial charge in [-0.25, -0.2) is 0 Å². The van der Waals surface area contributed by atoms with Gasteiger partial charge in [0.25, 0.3) is 5.56 Å². The number of ether oxygens (including phenoxy) is 2. The molecule has 0 atom stereocenters. The van der Waals surface area contributed by atoms with Crippen molar-refractivity contribution < 1.29 is 9.47 Å². The molecule has 0 N–H and O–H groups in total. The number of pyridine rings is 1. The summed E-state index contributed by atoms with van der Waals surface area (Å²) < 4.78 is 13.2. The van der Waals surface area contributed by atoms with E-state index in [-0.39, 0.29) is 11.3 Å². The second-order valence-corrected chi connectivity index (χ2v) is 4.78. The molecule has 92 valence electrons. The van der Waals surface area contributed by atoms with E-state index < -0.39 is 0 Å². The molecule has 3 rings (SSSR count). The lowest BCUT2D eigenvalue weighted by molar-refractivity contribution is -0.181. The zero-order valence-corrected chi connectivity index (χ0v) is 9.80. The van der Waals surface area contributed by atoms with E-state index in [2.05, 4.69) is 0 Å². The van der Waals surface area contributed by atoms with Crippen LogP contribution in [0, 0.1) is 0 Å². The van der Waals surface area contributed by atoms with Gasteiger partial charge < -0.3 is 14.0 Å². The van der Waals surface area contributed by atoms with Crippen LogP contribution < -0.4 is 5.56 Å². The van der Waals surface area contributed by atoms with Gasteiger partial charge in [0.2, 0.25) is 0 Å². The van der Waals surface area contributed by atoms with Gasteiger partial charge in [0.05, 0.1) is 13.2 Å². The molecule has 2 heterocycles. The smallest absolute Gasteiger partial charge is 0.250 e. The van der Waals surface area contributed by atoms with Crippen LogP contribution in [0.2, 0.25) is 0 Å². The Morgan fingerprint density at radius 1 is 1.18 bits per heavy atom. The summed E-state index contributed by atoms with van der Waals surface area (Å²) in [7, 11) is 0. The Bertz CT molecular complexity index is 438. The van der Waals surface area contributed by atoms with Crippen molar-refractivity contribution in [2.24, 2.45) is 0 Å². The first-order valence-corrected chi connectivity index (χ1v) is 6.24. The van der Waals surface area contributed by atoms with Gasteiger partial charge in [0.1, 0.15) is 0 Å². The summed E-state index contributed by atoms with van der Waals surface area (Å²) in [5.74, 6) is -0.338. The molecular weight excluding hydrogens is 218 g/mol. The third-order valence-corrected chi connectivity index (χ3v) is 3.77. The fourth-order valence-corrected chi connectivity index (χ4v) is 2.85. The third-order valence-electron chi connectivity index (χ3n) is 3.77. The monoisotopic (exact) mass is 235 g/mol. The lowest BCUT2D eigenvalue weighted by Crippen LogP contribution is -2.37. The number of hydrogen-bond acceptors (Lipinski definition) is 3. The zero-order chi connectivity index (χ0) is 11.7. The Kier molecular flexibility index (Phi) is 2.76.